The number of halogens is 4. The molecule has 2 atom stereocenters. The fourth-order valence-electron chi connectivity index (χ4n) is 6.78. The Morgan fingerprint density at radius 2 is 1.85 bits per heavy atom. The first-order valence-corrected chi connectivity index (χ1v) is 13.9. The van der Waals surface area contributed by atoms with Crippen molar-refractivity contribution in [1.82, 2.24) is 9.80 Å². The lowest BCUT2D eigenvalue weighted by Crippen LogP contribution is -2.49. The van der Waals surface area contributed by atoms with Crippen molar-refractivity contribution in [3.63, 3.8) is 0 Å². The second kappa shape index (κ2) is 11.2. The standard InChI is InChI=1S/C30H34F4N2O5/c1-18(2)29(28(39)36-16-22-13-24(41-30(32,33)34)14-25(31)26(22)40-17-36)9-6-23(15-29)35-10-7-19(8-11-35)20-4-3-5-21(12-20)27(37)38/h3-5,12-14,18-19,23H,6-11,15-17H2,1-2H3,(H,37,38)/t23-,29+/m1/s1. The maximum absolute atomic E-state index is 14.5. The molecule has 0 unspecified atom stereocenters. The smallest absolute Gasteiger partial charge is 0.478 e. The number of carboxylic acids is 1. The second-order valence-electron chi connectivity index (χ2n) is 11.7. The molecule has 2 fully saturated rings. The SMILES string of the molecule is CC(C)[C@]1(C(=O)N2COc3c(F)cc(OC(F)(F)F)cc3C2)CC[C@@H](N2CCC(c3cccc(C(=O)O)c3)CC2)C1. The van der Waals surface area contributed by atoms with Crippen molar-refractivity contribution >= 4 is 11.9 Å². The number of fused-ring (bicyclic) bond motifs is 1. The van der Waals surface area contributed by atoms with Gasteiger partial charge in [0.1, 0.15) is 5.75 Å². The molecule has 1 saturated heterocycles. The van der Waals surface area contributed by atoms with Gasteiger partial charge in [-0.2, -0.15) is 0 Å². The fourth-order valence-corrected chi connectivity index (χ4v) is 6.78. The van der Waals surface area contributed by atoms with Crippen LogP contribution in [0.3, 0.4) is 0 Å². The highest BCUT2D eigenvalue weighted by Crippen LogP contribution is 2.49. The third kappa shape index (κ3) is 6.00. The van der Waals surface area contributed by atoms with Gasteiger partial charge in [-0.3, -0.25) is 4.79 Å². The van der Waals surface area contributed by atoms with E-state index in [0.717, 1.165) is 44.0 Å². The summed E-state index contributed by atoms with van der Waals surface area (Å²) < 4.78 is 62.1. The Labute approximate surface area is 236 Å². The van der Waals surface area contributed by atoms with Crippen LogP contribution in [0.4, 0.5) is 17.6 Å². The van der Waals surface area contributed by atoms with E-state index in [0.29, 0.717) is 18.9 Å². The molecule has 2 aromatic rings. The van der Waals surface area contributed by atoms with Gasteiger partial charge >= 0.3 is 12.3 Å². The number of ether oxygens (including phenoxy) is 2. The predicted molar refractivity (Wildman–Crippen MR) is 141 cm³/mol. The summed E-state index contributed by atoms with van der Waals surface area (Å²) in [4.78, 5) is 29.3. The minimum Gasteiger partial charge on any atom is -0.478 e. The molecule has 0 bridgehead atoms. The highest BCUT2D eigenvalue weighted by Gasteiger charge is 2.51. The Morgan fingerprint density at radius 3 is 2.51 bits per heavy atom. The summed E-state index contributed by atoms with van der Waals surface area (Å²) in [7, 11) is 0. The minimum absolute atomic E-state index is 0.00864. The lowest BCUT2D eigenvalue weighted by atomic mass is 9.74. The number of amides is 1. The molecule has 222 valence electrons. The van der Waals surface area contributed by atoms with E-state index in [-0.39, 0.29) is 53.9 Å². The summed E-state index contributed by atoms with van der Waals surface area (Å²) in [6, 6.07) is 9.02. The van der Waals surface area contributed by atoms with E-state index in [1.807, 2.05) is 19.9 Å². The zero-order valence-electron chi connectivity index (χ0n) is 23.0. The van der Waals surface area contributed by atoms with Crippen LogP contribution in [0.1, 0.15) is 73.4 Å². The highest BCUT2D eigenvalue weighted by molar-refractivity contribution is 5.87. The summed E-state index contributed by atoms with van der Waals surface area (Å²) in [6.45, 7) is 5.46. The maximum Gasteiger partial charge on any atom is 0.573 e. The third-order valence-corrected chi connectivity index (χ3v) is 9.05. The number of hydrogen-bond donors (Lipinski definition) is 1. The van der Waals surface area contributed by atoms with Crippen LogP contribution in [-0.4, -0.2) is 59.0 Å². The molecule has 3 aliphatic rings. The van der Waals surface area contributed by atoms with E-state index in [9.17, 15) is 32.3 Å². The van der Waals surface area contributed by atoms with Crippen LogP contribution in [0.15, 0.2) is 36.4 Å². The third-order valence-electron chi connectivity index (χ3n) is 9.05. The zero-order chi connectivity index (χ0) is 29.5. The predicted octanol–water partition coefficient (Wildman–Crippen LogP) is 6.18. The normalized spacial score (nSPS) is 23.8. The number of rotatable bonds is 6. The number of carboxylic acid groups (broad SMARTS) is 1. The summed E-state index contributed by atoms with van der Waals surface area (Å²) in [5, 5.41) is 9.33. The van der Waals surface area contributed by atoms with Gasteiger partial charge in [0, 0.05) is 17.7 Å². The summed E-state index contributed by atoms with van der Waals surface area (Å²) in [5.74, 6) is -2.61. The fraction of sp³-hybridized carbons (Fsp3) is 0.533. The van der Waals surface area contributed by atoms with Crippen molar-refractivity contribution in [1.29, 1.82) is 0 Å². The second-order valence-corrected chi connectivity index (χ2v) is 11.7. The van der Waals surface area contributed by atoms with E-state index in [4.69, 9.17) is 4.74 Å². The molecule has 1 amide bonds. The summed E-state index contributed by atoms with van der Waals surface area (Å²) >= 11 is 0. The highest BCUT2D eigenvalue weighted by atomic mass is 19.4. The van der Waals surface area contributed by atoms with Crippen molar-refractivity contribution in [3.8, 4) is 11.5 Å². The quantitative estimate of drug-likeness (QED) is 0.413. The maximum atomic E-state index is 14.5. The minimum atomic E-state index is -4.97. The Kier molecular flexibility index (Phi) is 7.93. The molecule has 7 nitrogen and oxygen atoms in total. The number of carbonyl (C=O) groups is 2. The van der Waals surface area contributed by atoms with Gasteiger partial charge in [-0.05, 0) is 80.8 Å². The first-order chi connectivity index (χ1) is 19.4. The molecule has 2 aromatic carbocycles. The number of benzene rings is 2. The number of hydrogen-bond acceptors (Lipinski definition) is 5. The summed E-state index contributed by atoms with van der Waals surface area (Å²) in [6.07, 6.45) is -1.02. The summed E-state index contributed by atoms with van der Waals surface area (Å²) in [5.41, 5.74) is 0.785. The van der Waals surface area contributed by atoms with Crippen LogP contribution in [-0.2, 0) is 11.3 Å². The van der Waals surface area contributed by atoms with E-state index in [1.54, 1.807) is 18.2 Å². The number of alkyl halides is 3. The van der Waals surface area contributed by atoms with Crippen LogP contribution in [0.25, 0.3) is 0 Å². The van der Waals surface area contributed by atoms with Crippen LogP contribution in [0, 0.1) is 17.2 Å². The van der Waals surface area contributed by atoms with E-state index < -0.39 is 29.3 Å². The number of piperidine rings is 1. The van der Waals surface area contributed by atoms with Gasteiger partial charge in [-0.25, -0.2) is 9.18 Å². The number of carbonyl (C=O) groups excluding carboxylic acids is 1. The van der Waals surface area contributed by atoms with Crippen molar-refractivity contribution in [2.24, 2.45) is 11.3 Å². The Balaban J connectivity index is 1.26. The number of aromatic carboxylic acids is 1. The molecule has 0 radical (unpaired) electrons. The van der Waals surface area contributed by atoms with Gasteiger partial charge in [-0.1, -0.05) is 26.0 Å². The Morgan fingerprint density at radius 1 is 1.12 bits per heavy atom. The van der Waals surface area contributed by atoms with Crippen LogP contribution >= 0.6 is 0 Å². The molecule has 2 aliphatic heterocycles. The Bertz CT molecular complexity index is 1310. The van der Waals surface area contributed by atoms with Crippen LogP contribution < -0.4 is 9.47 Å². The number of likely N-dealkylation sites (tertiary alicyclic amines) is 1. The van der Waals surface area contributed by atoms with Crippen LogP contribution in [0.2, 0.25) is 0 Å². The molecule has 5 rings (SSSR count). The molecule has 2 heterocycles. The topological polar surface area (TPSA) is 79.3 Å². The van der Waals surface area contributed by atoms with Gasteiger partial charge in [-0.15, -0.1) is 13.2 Å². The monoisotopic (exact) mass is 578 g/mol. The van der Waals surface area contributed by atoms with E-state index in [1.165, 1.54) is 4.90 Å². The molecular weight excluding hydrogens is 544 g/mol. The zero-order valence-corrected chi connectivity index (χ0v) is 23.0. The molecule has 1 aliphatic carbocycles. The first-order valence-electron chi connectivity index (χ1n) is 13.9. The largest absolute Gasteiger partial charge is 0.573 e. The average molecular weight is 579 g/mol. The van der Waals surface area contributed by atoms with E-state index >= 15 is 0 Å². The average Bonchev–Trinajstić information content (AvgIpc) is 3.38. The molecule has 0 aromatic heterocycles. The van der Waals surface area contributed by atoms with Gasteiger partial charge < -0.3 is 24.4 Å². The van der Waals surface area contributed by atoms with Gasteiger partial charge in [0.2, 0.25) is 5.91 Å². The molecule has 0 spiro atoms. The van der Waals surface area contributed by atoms with Crippen molar-refractivity contribution in [2.75, 3.05) is 19.8 Å². The molecule has 41 heavy (non-hydrogen) atoms. The number of nitrogens with zero attached hydrogens (tertiary/aromatic N) is 2. The Hall–Kier alpha value is -3.34. The van der Waals surface area contributed by atoms with Crippen molar-refractivity contribution in [3.05, 3.63) is 58.9 Å². The molecule has 1 saturated carbocycles. The lowest BCUT2D eigenvalue weighted by molar-refractivity contribution is -0.274. The molecular formula is C30H34F4N2O5. The van der Waals surface area contributed by atoms with Crippen molar-refractivity contribution in [2.45, 2.75) is 70.8 Å². The molecule has 1 N–H and O–H groups in total. The van der Waals surface area contributed by atoms with Gasteiger partial charge in [0.25, 0.3) is 0 Å². The van der Waals surface area contributed by atoms with E-state index in [2.05, 4.69) is 9.64 Å². The van der Waals surface area contributed by atoms with Crippen molar-refractivity contribution < 1.29 is 41.7 Å². The van der Waals surface area contributed by atoms with Gasteiger partial charge in [0.05, 0.1) is 17.5 Å². The van der Waals surface area contributed by atoms with Gasteiger partial charge in [0.15, 0.2) is 18.3 Å². The van der Waals surface area contributed by atoms with Crippen LogP contribution in [0.5, 0.6) is 11.5 Å². The lowest BCUT2D eigenvalue weighted by Gasteiger charge is -2.41. The molecule has 11 heteroatoms. The first kappa shape index (κ1) is 29.2.